The third-order valence-corrected chi connectivity index (χ3v) is 2.61. The van der Waals surface area contributed by atoms with Crippen LogP contribution in [0.1, 0.15) is 20.8 Å². The van der Waals surface area contributed by atoms with E-state index in [9.17, 15) is 19.5 Å². The summed E-state index contributed by atoms with van der Waals surface area (Å²) in [5.74, 6) is -2.83. The van der Waals surface area contributed by atoms with Gasteiger partial charge in [-0.15, -0.1) is 0 Å². The minimum Gasteiger partial charge on any atom is -0.509 e. The summed E-state index contributed by atoms with van der Waals surface area (Å²) in [6, 6.07) is -0.797. The van der Waals surface area contributed by atoms with Crippen LogP contribution in [0.3, 0.4) is 0 Å². The first-order valence-electron chi connectivity index (χ1n) is 5.18. The normalized spacial score (nSPS) is 20.2. The van der Waals surface area contributed by atoms with Gasteiger partial charge in [0.05, 0.1) is 7.11 Å². The van der Waals surface area contributed by atoms with Crippen LogP contribution < -0.4 is 0 Å². The highest BCUT2D eigenvalue weighted by Crippen LogP contribution is 2.29. The number of esters is 1. The van der Waals surface area contributed by atoms with E-state index in [-0.39, 0.29) is 5.92 Å². The molecular formula is C11H15NO5. The Hall–Kier alpha value is -1.85. The quantitative estimate of drug-likeness (QED) is 0.558. The number of nitrogens with zero attached hydrogens (tertiary/aromatic N) is 1. The molecule has 1 aliphatic heterocycles. The largest absolute Gasteiger partial charge is 0.509 e. The van der Waals surface area contributed by atoms with E-state index in [4.69, 9.17) is 0 Å². The summed E-state index contributed by atoms with van der Waals surface area (Å²) in [6.07, 6.45) is 0. The van der Waals surface area contributed by atoms with E-state index in [0.717, 1.165) is 12.0 Å². The Labute approximate surface area is 98.8 Å². The van der Waals surface area contributed by atoms with Crippen LogP contribution in [0, 0.1) is 5.92 Å². The van der Waals surface area contributed by atoms with Crippen molar-refractivity contribution in [2.24, 2.45) is 5.92 Å². The van der Waals surface area contributed by atoms with Crippen LogP contribution in [0.2, 0.25) is 0 Å². The van der Waals surface area contributed by atoms with Crippen molar-refractivity contribution in [3.63, 3.8) is 0 Å². The summed E-state index contributed by atoms with van der Waals surface area (Å²) in [6.45, 7) is 4.69. The summed E-state index contributed by atoms with van der Waals surface area (Å²) in [5.41, 5.74) is -0.457. The van der Waals surface area contributed by atoms with E-state index in [1.165, 1.54) is 6.92 Å². The molecule has 0 bridgehead atoms. The highest BCUT2D eigenvalue weighted by Gasteiger charge is 2.46. The fourth-order valence-corrected chi connectivity index (χ4v) is 1.87. The van der Waals surface area contributed by atoms with Gasteiger partial charge in [-0.1, -0.05) is 13.8 Å². The van der Waals surface area contributed by atoms with Crippen molar-refractivity contribution in [2.45, 2.75) is 26.8 Å². The highest BCUT2D eigenvalue weighted by atomic mass is 16.5. The standard InChI is InChI=1S/C11H15NO5/c1-5(2)8-9(14)7(11(16)17-4)10(15)12(8)6(3)13/h5,8,14H,1-4H3/t8-/m0/s1. The molecule has 17 heavy (non-hydrogen) atoms. The summed E-state index contributed by atoms with van der Waals surface area (Å²) in [4.78, 5) is 35.5. The molecule has 1 aliphatic rings. The fourth-order valence-electron chi connectivity index (χ4n) is 1.87. The molecular weight excluding hydrogens is 226 g/mol. The number of hydrogen-bond donors (Lipinski definition) is 1. The van der Waals surface area contributed by atoms with Crippen LogP contribution in [0.25, 0.3) is 0 Å². The van der Waals surface area contributed by atoms with Gasteiger partial charge in [-0.05, 0) is 5.92 Å². The molecule has 1 rings (SSSR count). The molecule has 1 N–H and O–H groups in total. The number of aliphatic hydroxyl groups excluding tert-OH is 1. The van der Waals surface area contributed by atoms with Crippen molar-refractivity contribution in [2.75, 3.05) is 7.11 Å². The average Bonchev–Trinajstić information content (AvgIpc) is 2.49. The third-order valence-electron chi connectivity index (χ3n) is 2.61. The summed E-state index contributed by atoms with van der Waals surface area (Å²) in [5, 5.41) is 9.87. The zero-order valence-corrected chi connectivity index (χ0v) is 10.2. The Balaban J connectivity index is 3.27. The zero-order chi connectivity index (χ0) is 13.3. The summed E-state index contributed by atoms with van der Waals surface area (Å²) >= 11 is 0. The van der Waals surface area contributed by atoms with E-state index in [2.05, 4.69) is 4.74 Å². The SMILES string of the molecule is COC(=O)C1=C(O)[C@H](C(C)C)N(C(C)=O)C1=O. The van der Waals surface area contributed by atoms with E-state index in [1.54, 1.807) is 13.8 Å². The number of rotatable bonds is 2. The summed E-state index contributed by atoms with van der Waals surface area (Å²) < 4.78 is 4.42. The average molecular weight is 241 g/mol. The minimum atomic E-state index is -0.929. The van der Waals surface area contributed by atoms with Crippen molar-refractivity contribution >= 4 is 17.8 Å². The second-order valence-electron chi connectivity index (χ2n) is 4.13. The van der Waals surface area contributed by atoms with E-state index in [1.807, 2.05) is 0 Å². The van der Waals surface area contributed by atoms with Gasteiger partial charge in [-0.2, -0.15) is 0 Å². The van der Waals surface area contributed by atoms with Crippen LogP contribution in [0.5, 0.6) is 0 Å². The lowest BCUT2D eigenvalue weighted by Crippen LogP contribution is -2.42. The zero-order valence-electron chi connectivity index (χ0n) is 10.2. The van der Waals surface area contributed by atoms with Crippen molar-refractivity contribution in [1.82, 2.24) is 4.90 Å². The minimum absolute atomic E-state index is 0.190. The highest BCUT2D eigenvalue weighted by molar-refractivity contribution is 6.22. The van der Waals surface area contributed by atoms with Gasteiger partial charge in [-0.3, -0.25) is 14.5 Å². The number of carbonyl (C=O) groups is 3. The second-order valence-corrected chi connectivity index (χ2v) is 4.13. The molecule has 6 heteroatoms. The van der Waals surface area contributed by atoms with Gasteiger partial charge in [0.25, 0.3) is 5.91 Å². The smallest absolute Gasteiger partial charge is 0.347 e. The lowest BCUT2D eigenvalue weighted by Gasteiger charge is -2.24. The Morgan fingerprint density at radius 1 is 1.41 bits per heavy atom. The van der Waals surface area contributed by atoms with Crippen molar-refractivity contribution in [1.29, 1.82) is 0 Å². The van der Waals surface area contributed by atoms with Gasteiger partial charge in [0.2, 0.25) is 5.91 Å². The molecule has 0 saturated carbocycles. The van der Waals surface area contributed by atoms with Crippen molar-refractivity contribution in [3.8, 4) is 0 Å². The Bertz CT molecular complexity index is 410. The third kappa shape index (κ3) is 2.02. The number of amides is 2. The van der Waals surface area contributed by atoms with Crippen LogP contribution in [0.4, 0.5) is 0 Å². The van der Waals surface area contributed by atoms with Gasteiger partial charge in [0.15, 0.2) is 5.57 Å². The van der Waals surface area contributed by atoms with E-state index < -0.39 is 35.2 Å². The van der Waals surface area contributed by atoms with Crippen LogP contribution in [-0.4, -0.2) is 40.9 Å². The molecule has 0 radical (unpaired) electrons. The Morgan fingerprint density at radius 2 is 1.94 bits per heavy atom. The summed E-state index contributed by atoms with van der Waals surface area (Å²) in [7, 11) is 1.11. The molecule has 1 atom stereocenters. The molecule has 0 aromatic rings. The number of hydrogen-bond acceptors (Lipinski definition) is 5. The van der Waals surface area contributed by atoms with Gasteiger partial charge in [0, 0.05) is 6.92 Å². The number of aliphatic hydroxyl groups is 1. The number of imide groups is 1. The molecule has 1 heterocycles. The van der Waals surface area contributed by atoms with Crippen molar-refractivity contribution in [3.05, 3.63) is 11.3 Å². The molecule has 0 fully saturated rings. The molecule has 0 saturated heterocycles. The molecule has 0 aromatic heterocycles. The van der Waals surface area contributed by atoms with Gasteiger partial charge >= 0.3 is 5.97 Å². The topological polar surface area (TPSA) is 83.9 Å². The van der Waals surface area contributed by atoms with Gasteiger partial charge < -0.3 is 9.84 Å². The number of methoxy groups -OCH3 is 1. The first kappa shape index (κ1) is 13.2. The lowest BCUT2D eigenvalue weighted by atomic mass is 10.0. The first-order valence-corrected chi connectivity index (χ1v) is 5.18. The fraction of sp³-hybridized carbons (Fsp3) is 0.545. The molecule has 94 valence electrons. The first-order chi connectivity index (χ1) is 7.82. The maximum absolute atomic E-state index is 11.9. The van der Waals surface area contributed by atoms with Crippen LogP contribution >= 0.6 is 0 Å². The van der Waals surface area contributed by atoms with Crippen molar-refractivity contribution < 1.29 is 24.2 Å². The lowest BCUT2D eigenvalue weighted by molar-refractivity contribution is -0.144. The Morgan fingerprint density at radius 3 is 2.24 bits per heavy atom. The van der Waals surface area contributed by atoms with Crippen LogP contribution in [0.15, 0.2) is 11.3 Å². The Kier molecular flexibility index (Phi) is 3.55. The molecule has 2 amide bonds. The monoisotopic (exact) mass is 241 g/mol. The second kappa shape index (κ2) is 4.57. The maximum atomic E-state index is 11.9. The van der Waals surface area contributed by atoms with Gasteiger partial charge in [0.1, 0.15) is 11.8 Å². The maximum Gasteiger partial charge on any atom is 0.347 e. The predicted molar refractivity (Wildman–Crippen MR) is 57.8 cm³/mol. The number of carbonyl (C=O) groups excluding carboxylic acids is 3. The molecule has 0 aromatic carbocycles. The predicted octanol–water partition coefficient (Wildman–Crippen LogP) is 0.385. The molecule has 0 spiro atoms. The van der Waals surface area contributed by atoms with Crippen LogP contribution in [-0.2, 0) is 19.1 Å². The molecule has 0 aliphatic carbocycles. The van der Waals surface area contributed by atoms with E-state index in [0.29, 0.717) is 0 Å². The van der Waals surface area contributed by atoms with Gasteiger partial charge in [-0.25, -0.2) is 4.79 Å². The number of ether oxygens (including phenoxy) is 1. The van der Waals surface area contributed by atoms with E-state index >= 15 is 0 Å². The molecule has 6 nitrogen and oxygen atoms in total. The molecule has 0 unspecified atom stereocenters.